The van der Waals surface area contributed by atoms with E-state index in [-0.39, 0.29) is 28.5 Å². The smallest absolute Gasteiger partial charge is 0.205 e. The summed E-state index contributed by atoms with van der Waals surface area (Å²) in [5, 5.41) is 0. The molecule has 0 fully saturated rings. The van der Waals surface area contributed by atoms with Crippen molar-refractivity contribution in [2.24, 2.45) is 0 Å². The Hall–Kier alpha value is -2.39. The van der Waals surface area contributed by atoms with Crippen LogP contribution in [0.3, 0.4) is 0 Å². The molecule has 2 rings (SSSR count). The number of carbonyl (C=O) groups excluding carboxylic acids is 3. The van der Waals surface area contributed by atoms with E-state index in [2.05, 4.69) is 23.7 Å². The lowest BCUT2D eigenvalue weighted by atomic mass is 9.85. The van der Waals surface area contributed by atoms with E-state index < -0.39 is 0 Å². The minimum absolute atomic E-state index is 0.0656. The van der Waals surface area contributed by atoms with E-state index in [9.17, 15) is 14.4 Å². The summed E-state index contributed by atoms with van der Waals surface area (Å²) in [4.78, 5) is 35.7. The van der Waals surface area contributed by atoms with Crippen LogP contribution in [0, 0.1) is 23.7 Å². The third-order valence-corrected chi connectivity index (χ3v) is 3.19. The van der Waals surface area contributed by atoms with Crippen LogP contribution < -0.4 is 0 Å². The Morgan fingerprint density at radius 3 is 2.05 bits per heavy atom. The highest BCUT2D eigenvalue weighted by molar-refractivity contribution is 6.28. The van der Waals surface area contributed by atoms with Crippen LogP contribution in [0.25, 0.3) is 0 Å². The third-order valence-electron chi connectivity index (χ3n) is 3.19. The first-order valence-electron chi connectivity index (χ1n) is 6.07. The molecule has 2 aliphatic carbocycles. The first-order valence-corrected chi connectivity index (χ1v) is 6.07. The van der Waals surface area contributed by atoms with Crippen molar-refractivity contribution >= 4 is 17.3 Å². The zero-order chi connectivity index (χ0) is 14.0. The van der Waals surface area contributed by atoms with Crippen LogP contribution >= 0.6 is 0 Å². The summed E-state index contributed by atoms with van der Waals surface area (Å²) < 4.78 is 0. The minimum Gasteiger partial charge on any atom is -0.288 e. The molecule has 0 atom stereocenters. The Labute approximate surface area is 111 Å². The van der Waals surface area contributed by atoms with Crippen LogP contribution in [0.15, 0.2) is 22.3 Å². The minimum atomic E-state index is -0.303. The van der Waals surface area contributed by atoms with Crippen LogP contribution in [0.2, 0.25) is 0 Å². The number of ketones is 3. The molecular weight excluding hydrogens is 240 g/mol. The molecule has 0 N–H and O–H groups in total. The third kappa shape index (κ3) is 2.41. The molecule has 0 heterocycles. The zero-order valence-electron chi connectivity index (χ0n) is 10.8. The van der Waals surface area contributed by atoms with E-state index in [1.54, 1.807) is 13.8 Å². The van der Waals surface area contributed by atoms with Gasteiger partial charge < -0.3 is 0 Å². The van der Waals surface area contributed by atoms with E-state index >= 15 is 0 Å². The summed E-state index contributed by atoms with van der Waals surface area (Å²) in [6, 6.07) is 0. The average Bonchev–Trinajstić information content (AvgIpc) is 2.40. The first kappa shape index (κ1) is 13.1. The van der Waals surface area contributed by atoms with Crippen molar-refractivity contribution in [2.45, 2.75) is 33.1 Å². The van der Waals surface area contributed by atoms with Gasteiger partial charge in [0.25, 0.3) is 0 Å². The van der Waals surface area contributed by atoms with Crippen molar-refractivity contribution in [3.8, 4) is 23.7 Å². The maximum Gasteiger partial charge on any atom is 0.205 e. The molecule has 0 amide bonds. The van der Waals surface area contributed by atoms with E-state index in [1.165, 1.54) is 0 Å². The number of Topliss-reactive ketones (excluding diaryl/α,β-unsaturated/α-hetero) is 3. The largest absolute Gasteiger partial charge is 0.288 e. The van der Waals surface area contributed by atoms with Gasteiger partial charge in [0.15, 0.2) is 11.6 Å². The molecule has 0 saturated heterocycles. The van der Waals surface area contributed by atoms with Crippen LogP contribution in [-0.4, -0.2) is 17.3 Å². The summed E-state index contributed by atoms with van der Waals surface area (Å²) in [6.07, 6.45) is 1.48. The lowest BCUT2D eigenvalue weighted by Crippen LogP contribution is -2.21. The van der Waals surface area contributed by atoms with E-state index in [0.29, 0.717) is 30.4 Å². The van der Waals surface area contributed by atoms with E-state index in [1.807, 2.05) is 0 Å². The summed E-state index contributed by atoms with van der Waals surface area (Å²) >= 11 is 0. The fourth-order valence-corrected chi connectivity index (χ4v) is 1.86. The fraction of sp³-hybridized carbons (Fsp3) is 0.312. The molecule has 0 aromatic heterocycles. The van der Waals surface area contributed by atoms with Gasteiger partial charge >= 0.3 is 0 Å². The van der Waals surface area contributed by atoms with Crippen molar-refractivity contribution in [3.05, 3.63) is 22.3 Å². The van der Waals surface area contributed by atoms with Gasteiger partial charge in [0.05, 0.1) is 11.1 Å². The molecule has 0 radical (unpaired) electrons. The maximum atomic E-state index is 12.1. The van der Waals surface area contributed by atoms with Crippen molar-refractivity contribution < 1.29 is 14.4 Å². The van der Waals surface area contributed by atoms with Gasteiger partial charge in [0.1, 0.15) is 0 Å². The van der Waals surface area contributed by atoms with Gasteiger partial charge in [0.2, 0.25) is 5.78 Å². The first-order chi connectivity index (χ1) is 9.02. The molecule has 0 spiro atoms. The Balaban J connectivity index is 2.63. The molecule has 0 bridgehead atoms. The Bertz CT molecular complexity index is 679. The SMILES string of the molecule is CC1=C(C)C(=O)C2=C(C#CCCCC(=O)C#C2)C1=O. The summed E-state index contributed by atoms with van der Waals surface area (Å²) in [6.45, 7) is 3.20. The molecule has 0 saturated carbocycles. The standard InChI is InChI=1S/C16H12O3/c1-10-11(2)16(19)14-9-8-12(17)6-4-3-5-7-13(14)15(10)18/h3-4,6H2,1-2H3. The number of allylic oxidation sites excluding steroid dienone is 4. The van der Waals surface area contributed by atoms with Crippen molar-refractivity contribution in [2.75, 3.05) is 0 Å². The molecule has 0 unspecified atom stereocenters. The Kier molecular flexibility index (Phi) is 3.49. The topological polar surface area (TPSA) is 51.2 Å². The second-order valence-electron chi connectivity index (χ2n) is 4.49. The van der Waals surface area contributed by atoms with Crippen LogP contribution in [0.4, 0.5) is 0 Å². The highest BCUT2D eigenvalue weighted by Gasteiger charge is 2.28. The molecular formula is C16H12O3. The molecule has 0 aromatic rings. The number of hydrogen-bond donors (Lipinski definition) is 0. The molecule has 19 heavy (non-hydrogen) atoms. The lowest BCUT2D eigenvalue weighted by Gasteiger charge is -2.14. The average molecular weight is 252 g/mol. The Morgan fingerprint density at radius 2 is 1.42 bits per heavy atom. The second kappa shape index (κ2) is 5.08. The number of rotatable bonds is 0. The predicted molar refractivity (Wildman–Crippen MR) is 69.8 cm³/mol. The molecule has 94 valence electrons. The summed E-state index contributed by atoms with van der Waals surface area (Å²) in [5.41, 5.74) is 0.985. The van der Waals surface area contributed by atoms with Crippen molar-refractivity contribution in [3.63, 3.8) is 0 Å². The highest BCUT2D eigenvalue weighted by Crippen LogP contribution is 2.24. The van der Waals surface area contributed by atoms with Crippen LogP contribution in [0.5, 0.6) is 0 Å². The maximum absolute atomic E-state index is 12.1. The molecule has 0 aliphatic heterocycles. The quantitative estimate of drug-likeness (QED) is 0.373. The van der Waals surface area contributed by atoms with E-state index in [0.717, 1.165) is 0 Å². The number of carbonyl (C=O) groups is 3. The summed E-state index contributed by atoms with van der Waals surface area (Å²) in [7, 11) is 0. The van der Waals surface area contributed by atoms with Gasteiger partial charge in [-0.3, -0.25) is 14.4 Å². The van der Waals surface area contributed by atoms with E-state index in [4.69, 9.17) is 0 Å². The molecule has 0 aromatic carbocycles. The van der Waals surface area contributed by atoms with Gasteiger partial charge in [-0.1, -0.05) is 17.8 Å². The van der Waals surface area contributed by atoms with Gasteiger partial charge in [-0.15, -0.1) is 0 Å². The molecule has 2 aliphatic rings. The van der Waals surface area contributed by atoms with Crippen LogP contribution in [-0.2, 0) is 14.4 Å². The van der Waals surface area contributed by atoms with Gasteiger partial charge in [0, 0.05) is 24.0 Å². The predicted octanol–water partition coefficient (Wildman–Crippen LogP) is 1.53. The fourth-order valence-electron chi connectivity index (χ4n) is 1.86. The van der Waals surface area contributed by atoms with Gasteiger partial charge in [-0.2, -0.15) is 0 Å². The molecule has 3 heteroatoms. The van der Waals surface area contributed by atoms with Crippen molar-refractivity contribution in [1.29, 1.82) is 0 Å². The second-order valence-corrected chi connectivity index (χ2v) is 4.49. The number of hydrogen-bond acceptors (Lipinski definition) is 3. The Morgan fingerprint density at radius 1 is 0.842 bits per heavy atom. The van der Waals surface area contributed by atoms with Crippen molar-refractivity contribution in [1.82, 2.24) is 0 Å². The van der Waals surface area contributed by atoms with Crippen LogP contribution in [0.1, 0.15) is 33.1 Å². The molecule has 3 nitrogen and oxygen atoms in total. The van der Waals surface area contributed by atoms with Gasteiger partial charge in [-0.05, 0) is 26.2 Å². The lowest BCUT2D eigenvalue weighted by molar-refractivity contribution is -0.116. The monoisotopic (exact) mass is 252 g/mol. The normalized spacial score (nSPS) is 19.4. The highest BCUT2D eigenvalue weighted by atomic mass is 16.1. The van der Waals surface area contributed by atoms with Gasteiger partial charge in [-0.25, -0.2) is 0 Å². The zero-order valence-corrected chi connectivity index (χ0v) is 10.8. The summed E-state index contributed by atoms with van der Waals surface area (Å²) in [5.74, 6) is 9.77.